The number of piperidine rings is 1. The van der Waals surface area contributed by atoms with Crippen molar-refractivity contribution in [2.75, 3.05) is 6.54 Å². The highest BCUT2D eigenvalue weighted by molar-refractivity contribution is 6.05. The fraction of sp³-hybridized carbons (Fsp3) is 0.500. The third kappa shape index (κ3) is 1.54. The lowest BCUT2D eigenvalue weighted by Crippen LogP contribution is -2.44. The fourth-order valence-electron chi connectivity index (χ4n) is 0.905. The Balaban J connectivity index is 2.69. The third-order valence-corrected chi connectivity index (χ3v) is 1.54. The highest BCUT2D eigenvalue weighted by atomic mass is 16.4. The van der Waals surface area contributed by atoms with E-state index in [4.69, 9.17) is 5.11 Å². The molecule has 0 aromatic carbocycles. The first-order chi connectivity index (χ1) is 5.11. The summed E-state index contributed by atoms with van der Waals surface area (Å²) in [5.41, 5.74) is 0. The van der Waals surface area contributed by atoms with Crippen LogP contribution in [0.4, 0.5) is 0 Å². The summed E-state index contributed by atoms with van der Waals surface area (Å²) in [6.45, 7) is -0.157. The van der Waals surface area contributed by atoms with Crippen molar-refractivity contribution in [3.63, 3.8) is 0 Å². The molecular weight excluding hydrogens is 150 g/mol. The number of carboxylic acids is 1. The van der Waals surface area contributed by atoms with Crippen LogP contribution in [0.15, 0.2) is 0 Å². The largest absolute Gasteiger partial charge is 0.481 e. The summed E-state index contributed by atoms with van der Waals surface area (Å²) in [5.74, 6) is -3.16. The Bertz CT molecular complexity index is 223. The van der Waals surface area contributed by atoms with E-state index in [9.17, 15) is 14.4 Å². The maximum atomic E-state index is 10.8. The average Bonchev–Trinajstić information content (AvgIpc) is 1.94. The van der Waals surface area contributed by atoms with Crippen LogP contribution in [0.5, 0.6) is 0 Å². The zero-order valence-corrected chi connectivity index (χ0v) is 5.66. The van der Waals surface area contributed by atoms with Crippen molar-refractivity contribution in [1.82, 2.24) is 5.32 Å². The van der Waals surface area contributed by atoms with Crippen molar-refractivity contribution in [3.8, 4) is 0 Å². The quantitative estimate of drug-likeness (QED) is 0.467. The number of Topliss-reactive ketones (excluding diaryl/α,β-unsaturated/α-hetero) is 1. The van der Waals surface area contributed by atoms with Crippen molar-refractivity contribution < 1.29 is 19.5 Å². The van der Waals surface area contributed by atoms with Crippen LogP contribution in [0.3, 0.4) is 0 Å². The first-order valence-electron chi connectivity index (χ1n) is 3.13. The van der Waals surface area contributed by atoms with Gasteiger partial charge in [0.2, 0.25) is 5.91 Å². The first-order valence-corrected chi connectivity index (χ1v) is 3.13. The van der Waals surface area contributed by atoms with E-state index < -0.39 is 17.7 Å². The van der Waals surface area contributed by atoms with Gasteiger partial charge in [0.25, 0.3) is 0 Å². The summed E-state index contributed by atoms with van der Waals surface area (Å²) in [6, 6.07) is 0. The zero-order valence-electron chi connectivity index (χ0n) is 5.66. The highest BCUT2D eigenvalue weighted by Crippen LogP contribution is 2.08. The van der Waals surface area contributed by atoms with Crippen LogP contribution in [0.1, 0.15) is 6.42 Å². The van der Waals surface area contributed by atoms with Crippen LogP contribution in [0.25, 0.3) is 0 Å². The molecule has 1 fully saturated rings. The van der Waals surface area contributed by atoms with E-state index in [0.717, 1.165) is 0 Å². The highest BCUT2D eigenvalue weighted by Gasteiger charge is 2.32. The molecule has 5 heteroatoms. The summed E-state index contributed by atoms with van der Waals surface area (Å²) in [7, 11) is 0. The Labute approximate surface area is 62.4 Å². The number of amides is 1. The van der Waals surface area contributed by atoms with Crippen molar-refractivity contribution in [2.24, 2.45) is 5.92 Å². The molecule has 0 spiro atoms. The Hall–Kier alpha value is -1.39. The van der Waals surface area contributed by atoms with E-state index in [1.54, 1.807) is 0 Å². The maximum Gasteiger partial charge on any atom is 0.314 e. The number of carbonyl (C=O) groups is 3. The monoisotopic (exact) mass is 157 g/mol. The molecule has 1 atom stereocenters. The number of hydrogen-bond donors (Lipinski definition) is 2. The number of ketones is 1. The van der Waals surface area contributed by atoms with Crippen LogP contribution < -0.4 is 5.32 Å². The van der Waals surface area contributed by atoms with Gasteiger partial charge in [-0.2, -0.15) is 0 Å². The molecule has 0 radical (unpaired) electrons. The third-order valence-electron chi connectivity index (χ3n) is 1.54. The predicted molar refractivity (Wildman–Crippen MR) is 33.8 cm³/mol. The number of rotatable bonds is 1. The Morgan fingerprint density at radius 1 is 1.55 bits per heavy atom. The van der Waals surface area contributed by atoms with Gasteiger partial charge >= 0.3 is 5.97 Å². The average molecular weight is 157 g/mol. The molecule has 0 bridgehead atoms. The number of hydrogen-bond acceptors (Lipinski definition) is 3. The van der Waals surface area contributed by atoms with Gasteiger partial charge in [0, 0.05) is 6.42 Å². The topological polar surface area (TPSA) is 83.5 Å². The molecule has 60 valence electrons. The van der Waals surface area contributed by atoms with Gasteiger partial charge in [-0.25, -0.2) is 0 Å². The second-order valence-electron chi connectivity index (χ2n) is 2.34. The molecule has 0 aliphatic carbocycles. The second kappa shape index (κ2) is 2.69. The van der Waals surface area contributed by atoms with Crippen molar-refractivity contribution in [1.29, 1.82) is 0 Å². The molecule has 0 saturated carbocycles. The normalized spacial score (nSPS) is 24.5. The van der Waals surface area contributed by atoms with Crippen molar-refractivity contribution >= 4 is 17.7 Å². The molecule has 1 aliphatic rings. The lowest BCUT2D eigenvalue weighted by Gasteiger charge is -2.16. The van der Waals surface area contributed by atoms with Crippen LogP contribution >= 0.6 is 0 Å². The molecule has 1 aliphatic heterocycles. The van der Waals surface area contributed by atoms with Gasteiger partial charge in [-0.15, -0.1) is 0 Å². The fourth-order valence-corrected chi connectivity index (χ4v) is 0.905. The summed E-state index contributed by atoms with van der Waals surface area (Å²) >= 11 is 0. The molecule has 1 saturated heterocycles. The van der Waals surface area contributed by atoms with Gasteiger partial charge in [-0.1, -0.05) is 0 Å². The van der Waals surface area contributed by atoms with Crippen LogP contribution in [0, 0.1) is 5.92 Å². The number of aliphatic carboxylic acids is 1. The SMILES string of the molecule is O=C1CC(C(=O)O)C(=O)CN1. The smallest absolute Gasteiger partial charge is 0.314 e. The molecule has 1 rings (SSSR count). The predicted octanol–water partition coefficient (Wildman–Crippen LogP) is -1.22. The molecule has 0 aromatic heterocycles. The molecule has 1 heterocycles. The maximum absolute atomic E-state index is 10.8. The minimum absolute atomic E-state index is 0.157. The van der Waals surface area contributed by atoms with Gasteiger partial charge in [-0.05, 0) is 0 Å². The van der Waals surface area contributed by atoms with Gasteiger partial charge < -0.3 is 10.4 Å². The molecule has 0 aromatic rings. The minimum atomic E-state index is -1.22. The first kappa shape index (κ1) is 7.71. The molecule has 2 N–H and O–H groups in total. The van der Waals surface area contributed by atoms with Crippen molar-refractivity contribution in [2.45, 2.75) is 6.42 Å². The minimum Gasteiger partial charge on any atom is -0.481 e. The van der Waals surface area contributed by atoms with Crippen LogP contribution in [-0.2, 0) is 14.4 Å². The van der Waals surface area contributed by atoms with Gasteiger partial charge in [-0.3, -0.25) is 14.4 Å². The standard InChI is InChI=1S/C6H7NO4/c8-4-2-7-5(9)1-3(4)6(10)11/h3H,1-2H2,(H,7,9)(H,10,11). The number of carbonyl (C=O) groups excluding carboxylic acids is 2. The lowest BCUT2D eigenvalue weighted by molar-refractivity contribution is -0.150. The molecular formula is C6H7NO4. The summed E-state index contributed by atoms with van der Waals surface area (Å²) in [6.07, 6.45) is -0.228. The number of carboxylic acid groups (broad SMARTS) is 1. The van der Waals surface area contributed by atoms with Gasteiger partial charge in [0.1, 0.15) is 5.92 Å². The van der Waals surface area contributed by atoms with E-state index >= 15 is 0 Å². The summed E-state index contributed by atoms with van der Waals surface area (Å²) in [5, 5.41) is 10.7. The molecule has 1 unspecified atom stereocenters. The van der Waals surface area contributed by atoms with E-state index in [2.05, 4.69) is 5.32 Å². The lowest BCUT2D eigenvalue weighted by atomic mass is 9.97. The zero-order chi connectivity index (χ0) is 8.43. The molecule has 11 heavy (non-hydrogen) atoms. The van der Waals surface area contributed by atoms with E-state index in [1.165, 1.54) is 0 Å². The van der Waals surface area contributed by atoms with E-state index in [0.29, 0.717) is 0 Å². The van der Waals surface area contributed by atoms with Crippen molar-refractivity contribution in [3.05, 3.63) is 0 Å². The Morgan fingerprint density at radius 3 is 2.64 bits per heavy atom. The van der Waals surface area contributed by atoms with E-state index in [1.807, 2.05) is 0 Å². The van der Waals surface area contributed by atoms with E-state index in [-0.39, 0.29) is 18.9 Å². The van der Waals surface area contributed by atoms with Crippen LogP contribution in [0.2, 0.25) is 0 Å². The molecule has 5 nitrogen and oxygen atoms in total. The summed E-state index contributed by atoms with van der Waals surface area (Å²) in [4.78, 5) is 31.7. The summed E-state index contributed by atoms with van der Waals surface area (Å²) < 4.78 is 0. The number of nitrogens with one attached hydrogen (secondary N) is 1. The van der Waals surface area contributed by atoms with Gasteiger partial charge in [0.15, 0.2) is 5.78 Å². The van der Waals surface area contributed by atoms with Crippen LogP contribution in [-0.4, -0.2) is 29.3 Å². The van der Waals surface area contributed by atoms with Gasteiger partial charge in [0.05, 0.1) is 6.54 Å². The second-order valence-corrected chi connectivity index (χ2v) is 2.34. The molecule has 1 amide bonds. The Kier molecular flexibility index (Phi) is 1.89. The Morgan fingerprint density at radius 2 is 2.18 bits per heavy atom.